The highest BCUT2D eigenvalue weighted by molar-refractivity contribution is 5.13. The van der Waals surface area contributed by atoms with Gasteiger partial charge < -0.3 is 0 Å². The first kappa shape index (κ1) is 24.0. The van der Waals surface area contributed by atoms with Crippen molar-refractivity contribution in [2.24, 2.45) is 39.4 Å². The molecule has 0 saturated heterocycles. The maximum Gasteiger partial charge on any atom is -0.0192 e. The quantitative estimate of drug-likeness (QED) is 0.411. The van der Waals surface area contributed by atoms with E-state index in [4.69, 9.17) is 0 Å². The predicted octanol–water partition coefficient (Wildman–Crippen LogP) is 9.44. The van der Waals surface area contributed by atoms with Crippen LogP contribution in [0.5, 0.6) is 0 Å². The Kier molecular flexibility index (Phi) is 7.26. The zero-order chi connectivity index (χ0) is 21.4. The molecule has 2 aliphatic carbocycles. The van der Waals surface area contributed by atoms with Gasteiger partial charge in [0.05, 0.1) is 0 Å². The molecule has 2 rings (SSSR count). The van der Waals surface area contributed by atoms with Gasteiger partial charge in [0.15, 0.2) is 0 Å². The summed E-state index contributed by atoms with van der Waals surface area (Å²) in [7, 11) is 0. The van der Waals surface area contributed by atoms with Crippen LogP contribution in [0, 0.1) is 39.4 Å². The molecule has 0 heteroatoms. The van der Waals surface area contributed by atoms with Crippen molar-refractivity contribution in [3.63, 3.8) is 0 Å². The largest absolute Gasteiger partial charge is 0.100 e. The van der Waals surface area contributed by atoms with Crippen LogP contribution in [0.15, 0.2) is 12.2 Å². The first-order chi connectivity index (χ1) is 12.8. The van der Waals surface area contributed by atoms with Crippen LogP contribution in [-0.4, -0.2) is 0 Å². The van der Waals surface area contributed by atoms with Crippen LogP contribution in [0.3, 0.4) is 0 Å². The van der Waals surface area contributed by atoms with Gasteiger partial charge in [0.25, 0.3) is 0 Å². The third-order valence-corrected chi connectivity index (χ3v) is 9.74. The van der Waals surface area contributed by atoms with E-state index in [0.29, 0.717) is 21.7 Å². The molecule has 0 heterocycles. The van der Waals surface area contributed by atoms with Gasteiger partial charge in [-0.15, -0.1) is 6.58 Å². The van der Waals surface area contributed by atoms with E-state index in [1.807, 2.05) is 0 Å². The Hall–Kier alpha value is -0.260. The summed E-state index contributed by atoms with van der Waals surface area (Å²) in [6.45, 7) is 27.2. The van der Waals surface area contributed by atoms with Crippen molar-refractivity contribution in [2.75, 3.05) is 0 Å². The second kappa shape index (κ2) is 8.47. The molecule has 28 heavy (non-hydrogen) atoms. The Balaban J connectivity index is 2.38. The third-order valence-electron chi connectivity index (χ3n) is 9.74. The number of fused-ring (bicyclic) bond motifs is 1. The topological polar surface area (TPSA) is 0 Å². The van der Waals surface area contributed by atoms with E-state index in [9.17, 15) is 0 Å². The summed E-state index contributed by atoms with van der Waals surface area (Å²) < 4.78 is 0. The second-order valence-electron chi connectivity index (χ2n) is 13.0. The fraction of sp³-hybridized carbons (Fsp3) is 0.929. The van der Waals surface area contributed by atoms with Crippen molar-refractivity contribution < 1.29 is 0 Å². The molecule has 2 aliphatic rings. The van der Waals surface area contributed by atoms with Gasteiger partial charge in [-0.05, 0) is 72.0 Å². The Morgan fingerprint density at radius 1 is 0.893 bits per heavy atom. The zero-order valence-electron chi connectivity index (χ0n) is 21.0. The minimum atomic E-state index is 0.321. The first-order valence-corrected chi connectivity index (χ1v) is 12.4. The molecule has 4 unspecified atom stereocenters. The van der Waals surface area contributed by atoms with Gasteiger partial charge in [-0.25, -0.2) is 0 Å². The van der Waals surface area contributed by atoms with E-state index >= 15 is 0 Å². The number of hydrogen-bond donors (Lipinski definition) is 0. The van der Waals surface area contributed by atoms with E-state index < -0.39 is 0 Å². The summed E-state index contributed by atoms with van der Waals surface area (Å²) in [5, 5.41) is 0. The normalized spacial score (nSPS) is 34.7. The van der Waals surface area contributed by atoms with Crippen molar-refractivity contribution in [3.8, 4) is 0 Å². The molecule has 2 fully saturated rings. The van der Waals surface area contributed by atoms with E-state index in [1.165, 1.54) is 63.4 Å². The van der Waals surface area contributed by atoms with Crippen LogP contribution in [0.4, 0.5) is 0 Å². The molecule has 4 atom stereocenters. The molecule has 0 N–H and O–H groups in total. The number of allylic oxidation sites excluding steroid dienone is 1. The summed E-state index contributed by atoms with van der Waals surface area (Å²) in [5.41, 5.74) is 2.75. The van der Waals surface area contributed by atoms with E-state index in [1.54, 1.807) is 0 Å². The van der Waals surface area contributed by atoms with E-state index in [0.717, 1.165) is 24.2 Å². The summed E-state index contributed by atoms with van der Waals surface area (Å²) >= 11 is 0. The van der Waals surface area contributed by atoms with E-state index in [2.05, 4.69) is 68.9 Å². The molecule has 0 aromatic carbocycles. The van der Waals surface area contributed by atoms with Crippen molar-refractivity contribution in [1.29, 1.82) is 0 Å². The van der Waals surface area contributed by atoms with Crippen molar-refractivity contribution in [2.45, 2.75) is 127 Å². The zero-order valence-corrected chi connectivity index (χ0v) is 21.0. The fourth-order valence-corrected chi connectivity index (χ4v) is 8.51. The highest BCUT2D eigenvalue weighted by Crippen LogP contribution is 2.71. The SMILES string of the molecule is C=C(C)CC(C)(C)CC(C)(C)C1(C)C(C)C2CCCCCCCCC2C1(C)C. The highest BCUT2D eigenvalue weighted by atomic mass is 14.7. The lowest BCUT2D eigenvalue weighted by atomic mass is 9.48. The maximum atomic E-state index is 4.23. The predicted molar refractivity (Wildman–Crippen MR) is 127 cm³/mol. The Bertz CT molecular complexity index is 534. The summed E-state index contributed by atoms with van der Waals surface area (Å²) in [4.78, 5) is 0. The summed E-state index contributed by atoms with van der Waals surface area (Å²) in [6, 6.07) is 0. The lowest BCUT2D eigenvalue weighted by Gasteiger charge is -2.56. The molecule has 0 aromatic rings. The lowest BCUT2D eigenvalue weighted by Crippen LogP contribution is -2.49. The smallest absolute Gasteiger partial charge is 0.0192 e. The fourth-order valence-electron chi connectivity index (χ4n) is 8.51. The second-order valence-corrected chi connectivity index (χ2v) is 13.0. The molecule has 0 spiro atoms. The standard InChI is InChI=1S/C28H52/c1-21(2)19-25(4,5)20-26(6,7)28(10)22(3)23-17-15-13-11-12-14-16-18-24(23)27(28,8)9/h22-24H,1,11-20H2,2-10H3. The van der Waals surface area contributed by atoms with Gasteiger partial charge in [-0.1, -0.05) is 99.5 Å². The van der Waals surface area contributed by atoms with Gasteiger partial charge in [0.2, 0.25) is 0 Å². The van der Waals surface area contributed by atoms with Crippen molar-refractivity contribution >= 4 is 0 Å². The van der Waals surface area contributed by atoms with Gasteiger partial charge >= 0.3 is 0 Å². The molecule has 0 aromatic heterocycles. The molecule has 0 radical (unpaired) electrons. The van der Waals surface area contributed by atoms with Crippen LogP contribution in [0.2, 0.25) is 0 Å². The van der Waals surface area contributed by atoms with Crippen LogP contribution in [0.1, 0.15) is 127 Å². The lowest BCUT2D eigenvalue weighted by molar-refractivity contribution is -0.0770. The summed E-state index contributed by atoms with van der Waals surface area (Å²) in [5.74, 6) is 2.62. The molecule has 0 amide bonds. The van der Waals surface area contributed by atoms with Crippen molar-refractivity contribution in [3.05, 3.63) is 12.2 Å². The molecule has 0 nitrogen and oxygen atoms in total. The summed E-state index contributed by atoms with van der Waals surface area (Å²) in [6.07, 6.45) is 14.1. The minimum absolute atomic E-state index is 0.321. The third kappa shape index (κ3) is 4.41. The average molecular weight is 389 g/mol. The van der Waals surface area contributed by atoms with Gasteiger partial charge in [-0.2, -0.15) is 0 Å². The monoisotopic (exact) mass is 388 g/mol. The van der Waals surface area contributed by atoms with Crippen LogP contribution in [0.25, 0.3) is 0 Å². The van der Waals surface area contributed by atoms with Gasteiger partial charge in [-0.3, -0.25) is 0 Å². The first-order valence-electron chi connectivity index (χ1n) is 12.4. The number of rotatable bonds is 5. The maximum absolute atomic E-state index is 4.23. The molecule has 0 aliphatic heterocycles. The molecular formula is C28H52. The van der Waals surface area contributed by atoms with Crippen molar-refractivity contribution in [1.82, 2.24) is 0 Å². The number of hydrogen-bond acceptors (Lipinski definition) is 0. The molecule has 2 saturated carbocycles. The van der Waals surface area contributed by atoms with Crippen LogP contribution >= 0.6 is 0 Å². The van der Waals surface area contributed by atoms with Gasteiger partial charge in [0.1, 0.15) is 0 Å². The van der Waals surface area contributed by atoms with Crippen LogP contribution < -0.4 is 0 Å². The van der Waals surface area contributed by atoms with Crippen LogP contribution in [-0.2, 0) is 0 Å². The molecule has 164 valence electrons. The Morgan fingerprint density at radius 2 is 1.39 bits per heavy atom. The van der Waals surface area contributed by atoms with Gasteiger partial charge in [0, 0.05) is 0 Å². The average Bonchev–Trinajstić information content (AvgIpc) is 2.68. The Morgan fingerprint density at radius 3 is 1.93 bits per heavy atom. The highest BCUT2D eigenvalue weighted by Gasteiger charge is 2.65. The molecular weight excluding hydrogens is 336 g/mol. The van der Waals surface area contributed by atoms with E-state index in [-0.39, 0.29) is 0 Å². The minimum Gasteiger partial charge on any atom is -0.100 e. The molecule has 0 bridgehead atoms. The Labute approximate surface area is 178 Å².